The monoisotopic (exact) mass is 394 g/mol. The minimum atomic E-state index is -1.28. The zero-order valence-corrected chi connectivity index (χ0v) is 17.1. The van der Waals surface area contributed by atoms with Gasteiger partial charge in [-0.3, -0.25) is 4.79 Å². The van der Waals surface area contributed by atoms with Crippen molar-refractivity contribution in [2.45, 2.75) is 90.6 Å². The van der Waals surface area contributed by atoms with Crippen molar-refractivity contribution in [3.63, 3.8) is 0 Å². The molecule has 6 nitrogen and oxygen atoms in total. The van der Waals surface area contributed by atoms with Gasteiger partial charge < -0.3 is 20.1 Å². The van der Waals surface area contributed by atoms with Gasteiger partial charge in [-0.05, 0) is 24.5 Å². The highest BCUT2D eigenvalue weighted by Crippen LogP contribution is 2.29. The molecular formula is C22H34O6. The van der Waals surface area contributed by atoms with Crippen LogP contribution >= 0.6 is 0 Å². The zero-order valence-electron chi connectivity index (χ0n) is 17.1. The molecule has 0 unspecified atom stereocenters. The Kier molecular flexibility index (Phi) is 11.1. The maximum atomic E-state index is 11.4. The summed E-state index contributed by atoms with van der Waals surface area (Å²) in [6.45, 7) is 3.53. The predicted molar refractivity (Wildman–Crippen MR) is 108 cm³/mol. The van der Waals surface area contributed by atoms with Crippen LogP contribution in [0.25, 0.3) is 0 Å². The Balaban J connectivity index is 2.56. The lowest BCUT2D eigenvalue weighted by atomic mass is 9.97. The third-order valence-electron chi connectivity index (χ3n) is 4.81. The van der Waals surface area contributed by atoms with Crippen LogP contribution in [0.2, 0.25) is 0 Å². The van der Waals surface area contributed by atoms with E-state index in [1.54, 1.807) is 0 Å². The van der Waals surface area contributed by atoms with Crippen molar-refractivity contribution >= 4 is 11.9 Å². The van der Waals surface area contributed by atoms with E-state index in [1.807, 2.05) is 0 Å². The Hall–Kier alpha value is -2.24. The van der Waals surface area contributed by atoms with Gasteiger partial charge in [0.15, 0.2) is 0 Å². The molecule has 0 saturated heterocycles. The van der Waals surface area contributed by atoms with Crippen molar-refractivity contribution in [2.75, 3.05) is 0 Å². The van der Waals surface area contributed by atoms with Crippen LogP contribution in [0, 0.1) is 0 Å². The lowest BCUT2D eigenvalue weighted by Crippen LogP contribution is -2.20. The Morgan fingerprint density at radius 2 is 1.54 bits per heavy atom. The fourth-order valence-corrected chi connectivity index (χ4v) is 3.44. The molecule has 0 spiro atoms. The zero-order chi connectivity index (χ0) is 20.9. The number of carboxylic acid groups (broad SMARTS) is 1. The van der Waals surface area contributed by atoms with Gasteiger partial charge in [-0.2, -0.15) is 0 Å². The van der Waals surface area contributed by atoms with Crippen molar-refractivity contribution in [2.24, 2.45) is 0 Å². The van der Waals surface area contributed by atoms with E-state index in [0.717, 1.165) is 25.3 Å². The highest BCUT2D eigenvalue weighted by atomic mass is 16.5. The third kappa shape index (κ3) is 9.11. The number of ether oxygens (including phenoxy) is 1. The summed E-state index contributed by atoms with van der Waals surface area (Å²) in [4.78, 5) is 22.9. The number of carboxylic acids is 1. The van der Waals surface area contributed by atoms with Gasteiger partial charge in [0.05, 0.1) is 0 Å². The molecule has 0 aliphatic rings. The van der Waals surface area contributed by atoms with Gasteiger partial charge in [0.1, 0.15) is 23.2 Å². The van der Waals surface area contributed by atoms with Crippen molar-refractivity contribution in [1.29, 1.82) is 0 Å². The molecule has 1 aromatic rings. The Bertz CT molecular complexity index is 626. The van der Waals surface area contributed by atoms with E-state index >= 15 is 0 Å². The summed E-state index contributed by atoms with van der Waals surface area (Å²) in [5.74, 6) is -2.42. The molecule has 0 amide bonds. The first-order chi connectivity index (χ1) is 13.3. The van der Waals surface area contributed by atoms with E-state index in [0.29, 0.717) is 6.42 Å². The van der Waals surface area contributed by atoms with E-state index in [1.165, 1.54) is 51.5 Å². The summed E-state index contributed by atoms with van der Waals surface area (Å²) in [5, 5.41) is 28.9. The average Bonchev–Trinajstić information content (AvgIpc) is 2.58. The Morgan fingerprint density at radius 3 is 2.07 bits per heavy atom. The molecule has 1 aromatic carbocycles. The number of hydrogen-bond donors (Lipinski definition) is 3. The number of unbranched alkanes of at least 4 members (excludes halogenated alkanes) is 8. The molecule has 0 heterocycles. The van der Waals surface area contributed by atoms with Gasteiger partial charge in [-0.15, -0.1) is 0 Å². The Labute approximate surface area is 167 Å². The molecule has 0 bridgehead atoms. The van der Waals surface area contributed by atoms with Gasteiger partial charge in [0.25, 0.3) is 0 Å². The maximum Gasteiger partial charge on any atom is 0.339 e. The van der Waals surface area contributed by atoms with E-state index in [9.17, 15) is 24.9 Å². The second kappa shape index (κ2) is 13.0. The average molecular weight is 395 g/mol. The lowest BCUT2D eigenvalue weighted by Gasteiger charge is -2.19. The second-order valence-corrected chi connectivity index (χ2v) is 7.36. The molecule has 28 heavy (non-hydrogen) atoms. The van der Waals surface area contributed by atoms with Crippen molar-refractivity contribution in [1.82, 2.24) is 0 Å². The third-order valence-corrected chi connectivity index (χ3v) is 4.81. The van der Waals surface area contributed by atoms with E-state index in [4.69, 9.17) is 4.74 Å². The van der Waals surface area contributed by atoms with E-state index in [2.05, 4.69) is 6.92 Å². The first-order valence-electron chi connectivity index (χ1n) is 10.3. The van der Waals surface area contributed by atoms with Crippen molar-refractivity contribution < 1.29 is 29.6 Å². The quantitative estimate of drug-likeness (QED) is 0.296. The van der Waals surface area contributed by atoms with Gasteiger partial charge in [-0.25, -0.2) is 4.79 Å². The minimum Gasteiger partial charge on any atom is -0.508 e. The van der Waals surface area contributed by atoms with Crippen LogP contribution in [0.4, 0.5) is 0 Å². The normalized spacial score (nSPS) is 11.9. The molecule has 158 valence electrons. The first kappa shape index (κ1) is 23.8. The number of rotatable bonds is 14. The number of carbonyl (C=O) groups excluding carboxylic acids is 1. The topological polar surface area (TPSA) is 104 Å². The number of esters is 1. The van der Waals surface area contributed by atoms with Crippen LogP contribution in [0.15, 0.2) is 12.1 Å². The SMILES string of the molecule is CCCCCCCCCCC[C@H](Cc1cc(O)cc(O)c1C(=O)O)OC(C)=O. The number of aromatic hydroxyl groups is 2. The number of phenolic OH excluding ortho intramolecular Hbond substituents is 1. The molecule has 0 aliphatic carbocycles. The highest BCUT2D eigenvalue weighted by molar-refractivity contribution is 5.93. The fourth-order valence-electron chi connectivity index (χ4n) is 3.44. The van der Waals surface area contributed by atoms with Crippen LogP contribution in [-0.2, 0) is 16.0 Å². The summed E-state index contributed by atoms with van der Waals surface area (Å²) in [5.41, 5.74) is -0.00537. The molecule has 6 heteroatoms. The Morgan fingerprint density at radius 1 is 0.964 bits per heavy atom. The number of aromatic carboxylic acids is 1. The molecule has 1 atom stereocenters. The molecule has 0 radical (unpaired) electrons. The fraction of sp³-hybridized carbons (Fsp3) is 0.636. The molecule has 0 fully saturated rings. The van der Waals surface area contributed by atoms with E-state index < -0.39 is 23.8 Å². The number of phenols is 2. The summed E-state index contributed by atoms with van der Waals surface area (Å²) in [6.07, 6.45) is 10.9. The van der Waals surface area contributed by atoms with Crippen LogP contribution in [0.1, 0.15) is 94.0 Å². The summed E-state index contributed by atoms with van der Waals surface area (Å²) < 4.78 is 5.35. The highest BCUT2D eigenvalue weighted by Gasteiger charge is 2.21. The van der Waals surface area contributed by atoms with Crippen LogP contribution in [0.5, 0.6) is 11.5 Å². The van der Waals surface area contributed by atoms with Crippen molar-refractivity contribution in [3.05, 3.63) is 23.3 Å². The summed E-state index contributed by atoms with van der Waals surface area (Å²) >= 11 is 0. The summed E-state index contributed by atoms with van der Waals surface area (Å²) in [6, 6.07) is 2.30. The lowest BCUT2D eigenvalue weighted by molar-refractivity contribution is -0.146. The number of hydrogen-bond acceptors (Lipinski definition) is 5. The second-order valence-electron chi connectivity index (χ2n) is 7.36. The number of benzene rings is 1. The molecule has 0 aromatic heterocycles. The standard InChI is InChI=1S/C22H34O6/c1-3-4-5-6-7-8-9-10-11-12-19(28-16(2)23)14-17-13-18(24)15-20(25)21(17)22(26)27/h13,15,19,24-25H,3-12,14H2,1-2H3,(H,26,27)/t19-/m1/s1. The van der Waals surface area contributed by atoms with Gasteiger partial charge in [0, 0.05) is 19.4 Å². The first-order valence-corrected chi connectivity index (χ1v) is 10.3. The van der Waals surface area contributed by atoms with Crippen LogP contribution in [0.3, 0.4) is 0 Å². The molecule has 3 N–H and O–H groups in total. The van der Waals surface area contributed by atoms with Gasteiger partial charge in [-0.1, -0.05) is 58.3 Å². The molecule has 1 rings (SSSR count). The van der Waals surface area contributed by atoms with Crippen molar-refractivity contribution in [3.8, 4) is 11.5 Å². The molecule has 0 aliphatic heterocycles. The number of carbonyl (C=O) groups is 2. The van der Waals surface area contributed by atoms with Gasteiger partial charge in [0.2, 0.25) is 0 Å². The largest absolute Gasteiger partial charge is 0.508 e. The van der Waals surface area contributed by atoms with Crippen LogP contribution < -0.4 is 0 Å². The summed E-state index contributed by atoms with van der Waals surface area (Å²) in [7, 11) is 0. The molecule has 0 saturated carbocycles. The molecular weight excluding hydrogens is 360 g/mol. The smallest absolute Gasteiger partial charge is 0.339 e. The minimum absolute atomic E-state index is 0.139. The van der Waals surface area contributed by atoms with E-state index in [-0.39, 0.29) is 23.3 Å². The predicted octanol–water partition coefficient (Wildman–Crippen LogP) is 5.19. The van der Waals surface area contributed by atoms with Gasteiger partial charge >= 0.3 is 11.9 Å². The maximum absolute atomic E-state index is 11.4. The van der Waals surface area contributed by atoms with Crippen LogP contribution in [-0.4, -0.2) is 33.4 Å².